The fraction of sp³-hybridized carbons (Fsp3) is 0.222. The van der Waals surface area contributed by atoms with Crippen molar-refractivity contribution in [1.82, 2.24) is 0 Å². The van der Waals surface area contributed by atoms with Gasteiger partial charge in [-0.3, -0.25) is 4.79 Å². The maximum Gasteiger partial charge on any atom is 0.342 e. The number of anilines is 1. The summed E-state index contributed by atoms with van der Waals surface area (Å²) < 4.78 is 15.4. The molecule has 0 saturated carbocycles. The van der Waals surface area contributed by atoms with Crippen molar-refractivity contribution in [3.05, 3.63) is 54.1 Å². The summed E-state index contributed by atoms with van der Waals surface area (Å²) >= 11 is 0. The van der Waals surface area contributed by atoms with Gasteiger partial charge in [0, 0.05) is 5.69 Å². The van der Waals surface area contributed by atoms with Crippen LogP contribution in [0.1, 0.15) is 17.3 Å². The molecule has 0 saturated heterocycles. The van der Waals surface area contributed by atoms with Crippen LogP contribution in [0, 0.1) is 0 Å². The molecule has 0 aromatic heterocycles. The molecule has 0 spiro atoms. The van der Waals surface area contributed by atoms with Gasteiger partial charge in [-0.25, -0.2) is 4.79 Å². The molecule has 0 radical (unpaired) electrons. The molecule has 0 aliphatic rings. The van der Waals surface area contributed by atoms with Crippen molar-refractivity contribution < 1.29 is 23.8 Å². The van der Waals surface area contributed by atoms with Crippen molar-refractivity contribution >= 4 is 17.6 Å². The van der Waals surface area contributed by atoms with Crippen molar-refractivity contribution in [2.75, 3.05) is 25.6 Å². The summed E-state index contributed by atoms with van der Waals surface area (Å²) in [6.07, 6.45) is 0. The Morgan fingerprint density at radius 2 is 1.75 bits per heavy atom. The van der Waals surface area contributed by atoms with Crippen LogP contribution in [0.2, 0.25) is 0 Å². The number of esters is 1. The molecule has 0 aliphatic carbocycles. The lowest BCUT2D eigenvalue weighted by molar-refractivity contribution is -0.119. The number of hydrogen-bond acceptors (Lipinski definition) is 5. The van der Waals surface area contributed by atoms with Gasteiger partial charge in [-0.15, -0.1) is 0 Å². The molecule has 0 aliphatic heterocycles. The molecule has 0 atom stereocenters. The summed E-state index contributed by atoms with van der Waals surface area (Å²) in [7, 11) is 1.46. The molecule has 6 heteroatoms. The summed E-state index contributed by atoms with van der Waals surface area (Å²) in [5, 5.41) is 2.64. The van der Waals surface area contributed by atoms with E-state index in [1.54, 1.807) is 48.5 Å². The highest BCUT2D eigenvalue weighted by Crippen LogP contribution is 2.18. The number of methoxy groups -OCH3 is 1. The number of benzene rings is 2. The largest absolute Gasteiger partial charge is 0.496 e. The molecule has 24 heavy (non-hydrogen) atoms. The fourth-order valence-electron chi connectivity index (χ4n) is 2.02. The molecular formula is C18H19NO5. The van der Waals surface area contributed by atoms with E-state index in [2.05, 4.69) is 5.32 Å². The number of carbonyl (C=O) groups excluding carboxylic acids is 2. The summed E-state index contributed by atoms with van der Waals surface area (Å²) in [5.41, 5.74) is 0.866. The van der Waals surface area contributed by atoms with E-state index in [1.807, 2.05) is 6.92 Å². The second-order valence-electron chi connectivity index (χ2n) is 4.78. The number of para-hydroxylation sites is 1. The van der Waals surface area contributed by atoms with Crippen molar-refractivity contribution in [3.8, 4) is 11.5 Å². The molecule has 0 bridgehead atoms. The summed E-state index contributed by atoms with van der Waals surface area (Å²) in [6.45, 7) is 2.08. The minimum Gasteiger partial charge on any atom is -0.496 e. The van der Waals surface area contributed by atoms with E-state index in [0.717, 1.165) is 5.75 Å². The van der Waals surface area contributed by atoms with Crippen LogP contribution < -0.4 is 14.8 Å². The van der Waals surface area contributed by atoms with Gasteiger partial charge in [0.25, 0.3) is 5.91 Å². The van der Waals surface area contributed by atoms with Gasteiger partial charge in [0.15, 0.2) is 6.61 Å². The Kier molecular flexibility index (Phi) is 6.19. The SMILES string of the molecule is CCOc1ccc(NC(=O)COC(=O)c2ccccc2OC)cc1. The third-order valence-corrected chi connectivity index (χ3v) is 3.11. The zero-order valence-electron chi connectivity index (χ0n) is 13.6. The van der Waals surface area contributed by atoms with Gasteiger partial charge in [0.1, 0.15) is 17.1 Å². The van der Waals surface area contributed by atoms with Crippen molar-refractivity contribution in [2.45, 2.75) is 6.92 Å². The molecule has 126 valence electrons. The highest BCUT2D eigenvalue weighted by molar-refractivity contribution is 5.96. The monoisotopic (exact) mass is 329 g/mol. The van der Waals surface area contributed by atoms with Gasteiger partial charge >= 0.3 is 5.97 Å². The van der Waals surface area contributed by atoms with Gasteiger partial charge in [-0.1, -0.05) is 12.1 Å². The lowest BCUT2D eigenvalue weighted by Crippen LogP contribution is -2.21. The average molecular weight is 329 g/mol. The molecule has 2 aromatic carbocycles. The third kappa shape index (κ3) is 4.74. The van der Waals surface area contributed by atoms with Crippen LogP contribution in [0.15, 0.2) is 48.5 Å². The van der Waals surface area contributed by atoms with Crippen molar-refractivity contribution in [2.24, 2.45) is 0 Å². The molecule has 1 amide bonds. The first-order valence-corrected chi connectivity index (χ1v) is 7.47. The Balaban J connectivity index is 1.87. The first kappa shape index (κ1) is 17.3. The predicted molar refractivity (Wildman–Crippen MR) is 89.5 cm³/mol. The normalized spacial score (nSPS) is 9.92. The Hall–Kier alpha value is -3.02. The van der Waals surface area contributed by atoms with Crippen LogP contribution in [-0.2, 0) is 9.53 Å². The van der Waals surface area contributed by atoms with Gasteiger partial charge < -0.3 is 19.5 Å². The Labute approximate surface area is 140 Å². The van der Waals surface area contributed by atoms with E-state index < -0.39 is 11.9 Å². The van der Waals surface area contributed by atoms with Gasteiger partial charge in [-0.2, -0.15) is 0 Å². The van der Waals surface area contributed by atoms with E-state index in [9.17, 15) is 9.59 Å². The van der Waals surface area contributed by atoms with Crippen LogP contribution in [0.3, 0.4) is 0 Å². The molecule has 0 fully saturated rings. The number of rotatable bonds is 7. The van der Waals surface area contributed by atoms with Crippen LogP contribution in [0.25, 0.3) is 0 Å². The molecular weight excluding hydrogens is 310 g/mol. The average Bonchev–Trinajstić information content (AvgIpc) is 2.61. The maximum absolute atomic E-state index is 12.0. The maximum atomic E-state index is 12.0. The van der Waals surface area contributed by atoms with Crippen LogP contribution in [0.5, 0.6) is 11.5 Å². The van der Waals surface area contributed by atoms with E-state index in [-0.39, 0.29) is 12.2 Å². The zero-order chi connectivity index (χ0) is 17.4. The smallest absolute Gasteiger partial charge is 0.342 e. The van der Waals surface area contributed by atoms with Crippen molar-refractivity contribution in [1.29, 1.82) is 0 Å². The Morgan fingerprint density at radius 3 is 2.42 bits per heavy atom. The van der Waals surface area contributed by atoms with Crippen LogP contribution >= 0.6 is 0 Å². The van der Waals surface area contributed by atoms with Crippen LogP contribution in [0.4, 0.5) is 5.69 Å². The standard InChI is InChI=1S/C18H19NO5/c1-3-23-14-10-8-13(9-11-14)19-17(20)12-24-18(21)15-6-4-5-7-16(15)22-2/h4-11H,3,12H2,1-2H3,(H,19,20). The Morgan fingerprint density at radius 1 is 1.04 bits per heavy atom. The molecule has 2 aromatic rings. The van der Waals surface area contributed by atoms with E-state index in [1.165, 1.54) is 7.11 Å². The van der Waals surface area contributed by atoms with E-state index in [0.29, 0.717) is 18.0 Å². The quantitative estimate of drug-likeness (QED) is 0.791. The number of hydrogen-bond donors (Lipinski definition) is 1. The summed E-state index contributed by atoms with van der Waals surface area (Å²) in [5.74, 6) is 0.0734. The second kappa shape index (κ2) is 8.57. The summed E-state index contributed by atoms with van der Waals surface area (Å²) in [6, 6.07) is 13.6. The number of nitrogens with one attached hydrogen (secondary N) is 1. The number of amides is 1. The number of ether oxygens (including phenoxy) is 3. The highest BCUT2D eigenvalue weighted by atomic mass is 16.5. The topological polar surface area (TPSA) is 73.9 Å². The first-order valence-electron chi connectivity index (χ1n) is 7.47. The van der Waals surface area contributed by atoms with Gasteiger partial charge in [0.05, 0.1) is 13.7 Å². The van der Waals surface area contributed by atoms with Gasteiger partial charge in [0.2, 0.25) is 0 Å². The minimum absolute atomic E-state index is 0.272. The number of carbonyl (C=O) groups is 2. The lowest BCUT2D eigenvalue weighted by atomic mass is 10.2. The predicted octanol–water partition coefficient (Wildman–Crippen LogP) is 2.89. The molecule has 6 nitrogen and oxygen atoms in total. The lowest BCUT2D eigenvalue weighted by Gasteiger charge is -2.09. The van der Waals surface area contributed by atoms with Crippen molar-refractivity contribution in [3.63, 3.8) is 0 Å². The molecule has 1 N–H and O–H groups in total. The fourth-order valence-corrected chi connectivity index (χ4v) is 2.02. The Bertz CT molecular complexity index is 697. The highest BCUT2D eigenvalue weighted by Gasteiger charge is 2.14. The minimum atomic E-state index is -0.616. The van der Waals surface area contributed by atoms with E-state index >= 15 is 0 Å². The molecule has 0 heterocycles. The molecule has 2 rings (SSSR count). The third-order valence-electron chi connectivity index (χ3n) is 3.11. The van der Waals surface area contributed by atoms with E-state index in [4.69, 9.17) is 14.2 Å². The molecule has 0 unspecified atom stereocenters. The van der Waals surface area contributed by atoms with Gasteiger partial charge in [-0.05, 0) is 43.3 Å². The second-order valence-corrected chi connectivity index (χ2v) is 4.78. The van der Waals surface area contributed by atoms with Crippen LogP contribution in [-0.4, -0.2) is 32.2 Å². The zero-order valence-corrected chi connectivity index (χ0v) is 13.6. The summed E-state index contributed by atoms with van der Waals surface area (Å²) in [4.78, 5) is 23.9. The first-order chi connectivity index (χ1) is 11.6.